The highest BCUT2D eigenvalue weighted by Gasteiger charge is 2.58. The molecule has 5 fully saturated rings. The van der Waals surface area contributed by atoms with Crippen molar-refractivity contribution in [2.24, 2.45) is 23.7 Å². The molecule has 5 saturated carbocycles. The highest BCUT2D eigenvalue weighted by molar-refractivity contribution is 6.10. The van der Waals surface area contributed by atoms with E-state index in [1.54, 1.807) is 0 Å². The van der Waals surface area contributed by atoms with E-state index in [1.807, 2.05) is 0 Å². The van der Waals surface area contributed by atoms with Gasteiger partial charge in [0.1, 0.15) is 0 Å². The molecule has 0 radical (unpaired) electrons. The zero-order valence-corrected chi connectivity index (χ0v) is 38.4. The van der Waals surface area contributed by atoms with E-state index in [2.05, 4.69) is 221 Å². The third kappa shape index (κ3) is 6.92. The van der Waals surface area contributed by atoms with Crippen molar-refractivity contribution in [1.29, 1.82) is 0 Å². The maximum absolute atomic E-state index is 2.52. The third-order valence-corrected chi connectivity index (χ3v) is 16.8. The second-order valence-corrected chi connectivity index (χ2v) is 20.4. The standard InChI is InChI=1S/C64H59N3/c1-5-15-47(16-6-1)48-25-31-56(32-26-48)65(53-17-7-2-8-18-53)57-33-27-49(28-34-57)64(51-40-45-39-46(42-51)43-52(64)41-45)50-29-35-58(36-30-50)66(54-19-9-3-10-20-54)59-37-38-63-61(44-59)60-23-13-14-24-62(60)67(63)55-21-11-4-12-22-55/h2-4,7-14,17-38,44-47,51-52H,1,5-6,15-16,39-43H2. The number of fused-ring (bicyclic) bond motifs is 3. The van der Waals surface area contributed by atoms with Gasteiger partial charge >= 0.3 is 0 Å². The summed E-state index contributed by atoms with van der Waals surface area (Å²) in [5, 5.41) is 2.52. The second-order valence-electron chi connectivity index (χ2n) is 20.4. The van der Waals surface area contributed by atoms with Gasteiger partial charge in [-0.3, -0.25) is 0 Å². The van der Waals surface area contributed by atoms with Gasteiger partial charge in [0.05, 0.1) is 11.0 Å². The smallest absolute Gasteiger partial charge is 0.0542 e. The molecule has 0 aliphatic heterocycles. The molecule has 3 nitrogen and oxygen atoms in total. The number of hydrogen-bond donors (Lipinski definition) is 0. The Labute approximate surface area is 396 Å². The lowest BCUT2D eigenvalue weighted by molar-refractivity contribution is -0.0418. The van der Waals surface area contributed by atoms with E-state index >= 15 is 0 Å². The predicted octanol–water partition coefficient (Wildman–Crippen LogP) is 17.5. The lowest BCUT2D eigenvalue weighted by Crippen LogP contribution is -2.56. The molecule has 0 N–H and O–H groups in total. The molecule has 14 rings (SSSR count). The molecule has 0 saturated heterocycles. The summed E-state index contributed by atoms with van der Waals surface area (Å²) in [7, 11) is 0. The van der Waals surface area contributed by atoms with Gasteiger partial charge in [0.15, 0.2) is 0 Å². The third-order valence-electron chi connectivity index (χ3n) is 16.8. The topological polar surface area (TPSA) is 11.4 Å². The molecule has 4 bridgehead atoms. The van der Waals surface area contributed by atoms with Gasteiger partial charge in [-0.15, -0.1) is 0 Å². The number of nitrogens with zero attached hydrogens (tertiary/aromatic N) is 3. The minimum atomic E-state index is -0.0144. The van der Waals surface area contributed by atoms with Gasteiger partial charge in [0.25, 0.3) is 0 Å². The van der Waals surface area contributed by atoms with E-state index in [0.717, 1.165) is 23.2 Å². The van der Waals surface area contributed by atoms with Crippen LogP contribution in [-0.4, -0.2) is 4.57 Å². The summed E-state index contributed by atoms with van der Waals surface area (Å²) in [5.74, 6) is 3.73. The zero-order chi connectivity index (χ0) is 44.3. The highest BCUT2D eigenvalue weighted by Crippen LogP contribution is 2.65. The van der Waals surface area contributed by atoms with Crippen molar-refractivity contribution < 1.29 is 0 Å². The first kappa shape index (κ1) is 40.4. The van der Waals surface area contributed by atoms with Crippen LogP contribution in [0.4, 0.5) is 34.1 Å². The first-order valence-corrected chi connectivity index (χ1v) is 25.3. The SMILES string of the molecule is c1ccc(N(c2ccc(C3CCCCC3)cc2)c2ccc(C3(c4ccc(N(c5ccccc5)c5ccc6c(c5)c5ccccc5n6-c5ccccc5)cc4)C4CC5CC(C4)CC3C5)cc2)cc1. The number of rotatable bonds is 10. The fraction of sp³-hybridized carbons (Fsp3) is 0.250. The molecule has 330 valence electrons. The number of aromatic nitrogens is 1. The summed E-state index contributed by atoms with van der Waals surface area (Å²) in [6, 6.07) is 77.9. The Bertz CT molecular complexity index is 3120. The van der Waals surface area contributed by atoms with Gasteiger partial charge in [-0.05, 0) is 188 Å². The van der Waals surface area contributed by atoms with Crippen LogP contribution in [0.25, 0.3) is 27.5 Å². The van der Waals surface area contributed by atoms with Crippen molar-refractivity contribution in [3.05, 3.63) is 223 Å². The molecule has 8 aromatic carbocycles. The lowest BCUT2D eigenvalue weighted by atomic mass is 9.42. The summed E-state index contributed by atoms with van der Waals surface area (Å²) >= 11 is 0. The Kier molecular flexibility index (Phi) is 10.1. The van der Waals surface area contributed by atoms with E-state index in [0.29, 0.717) is 17.8 Å². The van der Waals surface area contributed by atoms with Gasteiger partial charge in [-0.2, -0.15) is 0 Å². The molecule has 5 aliphatic carbocycles. The van der Waals surface area contributed by atoms with E-state index in [-0.39, 0.29) is 5.41 Å². The van der Waals surface area contributed by atoms with Crippen LogP contribution < -0.4 is 9.80 Å². The van der Waals surface area contributed by atoms with Crippen LogP contribution in [0.1, 0.15) is 86.8 Å². The molecule has 0 atom stereocenters. The molecule has 0 unspecified atom stereocenters. The van der Waals surface area contributed by atoms with Crippen molar-refractivity contribution in [2.75, 3.05) is 9.80 Å². The lowest BCUT2D eigenvalue weighted by Gasteiger charge is -2.62. The number of para-hydroxylation sites is 4. The van der Waals surface area contributed by atoms with Crippen molar-refractivity contribution in [3.8, 4) is 5.69 Å². The van der Waals surface area contributed by atoms with E-state index in [9.17, 15) is 0 Å². The molecule has 0 spiro atoms. The maximum atomic E-state index is 2.52. The van der Waals surface area contributed by atoms with E-state index in [4.69, 9.17) is 0 Å². The van der Waals surface area contributed by atoms with Gasteiger partial charge in [0.2, 0.25) is 0 Å². The fourth-order valence-corrected chi connectivity index (χ4v) is 14.1. The molecule has 0 amide bonds. The van der Waals surface area contributed by atoms with Crippen LogP contribution in [0.5, 0.6) is 0 Å². The minimum Gasteiger partial charge on any atom is -0.311 e. The molecular formula is C64H59N3. The first-order chi connectivity index (χ1) is 33.2. The summed E-state index contributed by atoms with van der Waals surface area (Å²) in [6.07, 6.45) is 13.5. The minimum absolute atomic E-state index is 0.0144. The van der Waals surface area contributed by atoms with Crippen LogP contribution in [0.3, 0.4) is 0 Å². The Balaban J connectivity index is 0.892. The van der Waals surface area contributed by atoms with Crippen LogP contribution in [0, 0.1) is 23.7 Å². The molecule has 9 aromatic rings. The summed E-state index contributed by atoms with van der Waals surface area (Å²) in [4.78, 5) is 4.91. The quantitative estimate of drug-likeness (QED) is 0.136. The largest absolute Gasteiger partial charge is 0.311 e. The van der Waals surface area contributed by atoms with Gasteiger partial charge in [0, 0.05) is 56.0 Å². The van der Waals surface area contributed by atoms with Crippen molar-refractivity contribution in [1.82, 2.24) is 4.57 Å². The summed E-state index contributed by atoms with van der Waals surface area (Å²) in [5.41, 5.74) is 15.2. The molecule has 1 heterocycles. The van der Waals surface area contributed by atoms with Crippen LogP contribution in [-0.2, 0) is 5.41 Å². The predicted molar refractivity (Wildman–Crippen MR) is 280 cm³/mol. The molecule has 3 heteroatoms. The number of benzene rings is 8. The Morgan fingerprint density at radius 3 is 1.39 bits per heavy atom. The van der Waals surface area contributed by atoms with E-state index < -0.39 is 0 Å². The van der Waals surface area contributed by atoms with Crippen LogP contribution >= 0.6 is 0 Å². The van der Waals surface area contributed by atoms with Crippen LogP contribution in [0.2, 0.25) is 0 Å². The monoisotopic (exact) mass is 869 g/mol. The molecular weight excluding hydrogens is 811 g/mol. The summed E-state index contributed by atoms with van der Waals surface area (Å²) < 4.78 is 2.40. The van der Waals surface area contributed by atoms with E-state index in [1.165, 1.54) is 131 Å². The van der Waals surface area contributed by atoms with Gasteiger partial charge in [-0.25, -0.2) is 0 Å². The fourth-order valence-electron chi connectivity index (χ4n) is 14.1. The Morgan fingerprint density at radius 2 is 0.821 bits per heavy atom. The van der Waals surface area contributed by atoms with Crippen molar-refractivity contribution >= 4 is 55.9 Å². The van der Waals surface area contributed by atoms with Crippen LogP contribution in [0.15, 0.2) is 206 Å². The second kappa shape index (κ2) is 16.8. The average Bonchev–Trinajstić information content (AvgIpc) is 3.72. The summed E-state index contributed by atoms with van der Waals surface area (Å²) in [6.45, 7) is 0. The Morgan fingerprint density at radius 1 is 0.373 bits per heavy atom. The molecule has 67 heavy (non-hydrogen) atoms. The normalized spacial score (nSPS) is 22.3. The zero-order valence-electron chi connectivity index (χ0n) is 38.4. The first-order valence-electron chi connectivity index (χ1n) is 25.3. The van der Waals surface area contributed by atoms with Gasteiger partial charge in [-0.1, -0.05) is 128 Å². The number of anilines is 6. The van der Waals surface area contributed by atoms with Crippen molar-refractivity contribution in [2.45, 2.75) is 75.5 Å². The molecule has 1 aromatic heterocycles. The highest BCUT2D eigenvalue weighted by atomic mass is 15.1. The Hall–Kier alpha value is -6.84. The number of hydrogen-bond acceptors (Lipinski definition) is 2. The van der Waals surface area contributed by atoms with Crippen molar-refractivity contribution in [3.63, 3.8) is 0 Å². The molecule has 5 aliphatic rings. The maximum Gasteiger partial charge on any atom is 0.0542 e. The van der Waals surface area contributed by atoms with Gasteiger partial charge < -0.3 is 14.4 Å². The average molecular weight is 870 g/mol.